The van der Waals surface area contributed by atoms with Crippen LogP contribution in [-0.2, 0) is 13.2 Å². The largest absolute Gasteiger partial charge is 0.485 e. The summed E-state index contributed by atoms with van der Waals surface area (Å²) in [5, 5.41) is 3.75. The maximum atomic E-state index is 13.9. The molecule has 27 heavy (non-hydrogen) atoms. The molecule has 0 fully saturated rings. The third kappa shape index (κ3) is 4.91. The van der Waals surface area contributed by atoms with Gasteiger partial charge >= 0.3 is 0 Å². The number of aryl methyl sites for hydroxylation is 1. The zero-order chi connectivity index (χ0) is 19.4. The Bertz CT molecular complexity index is 944. The van der Waals surface area contributed by atoms with Crippen molar-refractivity contribution < 1.29 is 18.4 Å². The Kier molecular flexibility index (Phi) is 5.85. The minimum Gasteiger partial charge on any atom is -0.485 e. The van der Waals surface area contributed by atoms with Crippen molar-refractivity contribution in [2.24, 2.45) is 0 Å². The lowest BCUT2D eigenvalue weighted by atomic mass is 10.1. The molecule has 6 nitrogen and oxygen atoms in total. The normalized spacial score (nSPS) is 10.7. The fourth-order valence-corrected chi connectivity index (χ4v) is 2.86. The first kappa shape index (κ1) is 19.0. The van der Waals surface area contributed by atoms with Crippen LogP contribution < -0.4 is 4.74 Å². The molecular weight excluding hydrogens is 417 g/mol. The zero-order valence-electron chi connectivity index (χ0n) is 14.8. The first-order chi connectivity index (χ1) is 12.9. The molecule has 3 rings (SSSR count). The van der Waals surface area contributed by atoms with Gasteiger partial charge in [0, 0.05) is 36.1 Å². The highest BCUT2D eigenvalue weighted by Crippen LogP contribution is 2.19. The van der Waals surface area contributed by atoms with Crippen molar-refractivity contribution in [2.45, 2.75) is 20.1 Å². The second-order valence-corrected chi connectivity index (χ2v) is 6.86. The molecule has 0 radical (unpaired) electrons. The molecule has 0 aliphatic rings. The molecule has 3 aromatic rings. The van der Waals surface area contributed by atoms with Crippen LogP contribution in [0.1, 0.15) is 27.6 Å². The third-order valence-electron chi connectivity index (χ3n) is 3.80. The molecule has 0 bridgehead atoms. The summed E-state index contributed by atoms with van der Waals surface area (Å²) in [5.74, 6) is 0.936. The van der Waals surface area contributed by atoms with Gasteiger partial charge in [0.25, 0.3) is 5.91 Å². The smallest absolute Gasteiger partial charge is 0.253 e. The van der Waals surface area contributed by atoms with Crippen LogP contribution in [0.3, 0.4) is 0 Å². The van der Waals surface area contributed by atoms with Crippen molar-refractivity contribution in [3.63, 3.8) is 0 Å². The number of hydrogen-bond acceptors (Lipinski definition) is 5. The average Bonchev–Trinajstić information content (AvgIpc) is 3.08. The number of benzene rings is 2. The number of halogens is 2. The number of rotatable bonds is 6. The van der Waals surface area contributed by atoms with E-state index in [0.717, 1.165) is 4.47 Å². The van der Waals surface area contributed by atoms with Crippen molar-refractivity contribution >= 4 is 21.8 Å². The van der Waals surface area contributed by atoms with Crippen molar-refractivity contribution in [2.75, 3.05) is 7.05 Å². The highest BCUT2D eigenvalue weighted by atomic mass is 79.9. The number of amides is 1. The molecule has 0 aliphatic carbocycles. The van der Waals surface area contributed by atoms with Gasteiger partial charge in [0.2, 0.25) is 11.7 Å². The molecule has 140 valence electrons. The predicted octanol–water partition coefficient (Wildman–Crippen LogP) is 4.13. The number of aromatic nitrogens is 2. The van der Waals surface area contributed by atoms with E-state index in [1.54, 1.807) is 50.4 Å². The molecule has 8 heteroatoms. The maximum Gasteiger partial charge on any atom is 0.253 e. The predicted molar refractivity (Wildman–Crippen MR) is 99.7 cm³/mol. The van der Waals surface area contributed by atoms with E-state index in [0.29, 0.717) is 28.6 Å². The monoisotopic (exact) mass is 433 g/mol. The van der Waals surface area contributed by atoms with Gasteiger partial charge in [0.1, 0.15) is 11.6 Å². The number of hydrogen-bond donors (Lipinski definition) is 0. The van der Waals surface area contributed by atoms with E-state index in [1.807, 2.05) is 0 Å². The summed E-state index contributed by atoms with van der Waals surface area (Å²) in [6.07, 6.45) is 0. The highest BCUT2D eigenvalue weighted by molar-refractivity contribution is 9.10. The Morgan fingerprint density at radius 1 is 1.26 bits per heavy atom. The molecule has 1 heterocycles. The lowest BCUT2D eigenvalue weighted by molar-refractivity contribution is 0.0784. The Morgan fingerprint density at radius 3 is 2.67 bits per heavy atom. The number of nitrogens with zero attached hydrogens (tertiary/aromatic N) is 3. The van der Waals surface area contributed by atoms with Gasteiger partial charge in [-0.05, 0) is 42.5 Å². The quantitative estimate of drug-likeness (QED) is 0.584. The van der Waals surface area contributed by atoms with Crippen LogP contribution in [0.25, 0.3) is 0 Å². The second kappa shape index (κ2) is 8.30. The fraction of sp³-hybridized carbons (Fsp3) is 0.211. The van der Waals surface area contributed by atoms with Gasteiger partial charge in [-0.1, -0.05) is 21.1 Å². The Labute approximate surface area is 164 Å². The summed E-state index contributed by atoms with van der Waals surface area (Å²) < 4.78 is 25.1. The zero-order valence-corrected chi connectivity index (χ0v) is 16.4. The fourth-order valence-electron chi connectivity index (χ4n) is 2.45. The summed E-state index contributed by atoms with van der Waals surface area (Å²) in [7, 11) is 1.63. The molecule has 0 spiro atoms. The highest BCUT2D eigenvalue weighted by Gasteiger charge is 2.14. The van der Waals surface area contributed by atoms with Gasteiger partial charge < -0.3 is 14.2 Å². The molecule has 0 unspecified atom stereocenters. The van der Waals surface area contributed by atoms with Gasteiger partial charge in [0.15, 0.2) is 6.61 Å². The van der Waals surface area contributed by atoms with Gasteiger partial charge in [-0.25, -0.2) is 4.39 Å². The number of carbonyl (C=O) groups is 1. The van der Waals surface area contributed by atoms with Crippen molar-refractivity contribution in [1.82, 2.24) is 15.0 Å². The second-order valence-electron chi connectivity index (χ2n) is 5.94. The van der Waals surface area contributed by atoms with Crippen molar-refractivity contribution in [3.8, 4) is 5.75 Å². The van der Waals surface area contributed by atoms with Gasteiger partial charge in [0.05, 0.1) is 0 Å². The first-order valence-corrected chi connectivity index (χ1v) is 8.93. The van der Waals surface area contributed by atoms with E-state index in [4.69, 9.17) is 9.26 Å². The molecule has 1 aromatic heterocycles. The lowest BCUT2D eigenvalue weighted by Gasteiger charge is -2.18. The Balaban J connectivity index is 1.61. The summed E-state index contributed by atoms with van der Waals surface area (Å²) in [5.41, 5.74) is 0.922. The molecule has 0 saturated heterocycles. The maximum absolute atomic E-state index is 13.9. The van der Waals surface area contributed by atoms with Crippen LogP contribution in [0, 0.1) is 12.7 Å². The molecule has 0 aliphatic heterocycles. The van der Waals surface area contributed by atoms with E-state index < -0.39 is 0 Å². The standard InChI is InChI=1S/C19H17BrFN3O3/c1-12-22-18(23-27-12)11-26-16-6-3-13(4-7-16)19(25)24(2)10-14-9-15(20)5-8-17(14)21/h3-9H,10-11H2,1-2H3. The van der Waals surface area contributed by atoms with Crippen LogP contribution in [0.4, 0.5) is 4.39 Å². The summed E-state index contributed by atoms with van der Waals surface area (Å²) >= 11 is 3.31. The van der Waals surface area contributed by atoms with Gasteiger partial charge in [-0.3, -0.25) is 4.79 Å². The van der Waals surface area contributed by atoms with Crippen LogP contribution in [0.15, 0.2) is 51.5 Å². The minimum absolute atomic E-state index is 0.166. The van der Waals surface area contributed by atoms with Crippen LogP contribution in [-0.4, -0.2) is 28.0 Å². The molecule has 0 saturated carbocycles. The Morgan fingerprint density at radius 2 is 2.00 bits per heavy atom. The number of carbonyl (C=O) groups excluding carboxylic acids is 1. The van der Waals surface area contributed by atoms with Crippen LogP contribution >= 0.6 is 15.9 Å². The average molecular weight is 434 g/mol. The SMILES string of the molecule is Cc1nc(COc2ccc(C(=O)N(C)Cc3cc(Br)ccc3F)cc2)no1. The molecule has 1 amide bonds. The lowest BCUT2D eigenvalue weighted by Crippen LogP contribution is -2.26. The molecule has 2 aromatic carbocycles. The first-order valence-electron chi connectivity index (χ1n) is 8.14. The van der Waals surface area contributed by atoms with E-state index >= 15 is 0 Å². The van der Waals surface area contributed by atoms with E-state index in [9.17, 15) is 9.18 Å². The number of ether oxygens (including phenoxy) is 1. The third-order valence-corrected chi connectivity index (χ3v) is 4.29. The van der Waals surface area contributed by atoms with Crippen LogP contribution in [0.2, 0.25) is 0 Å². The van der Waals surface area contributed by atoms with Crippen LogP contribution in [0.5, 0.6) is 5.75 Å². The minimum atomic E-state index is -0.349. The molecule has 0 atom stereocenters. The van der Waals surface area contributed by atoms with E-state index in [2.05, 4.69) is 26.1 Å². The van der Waals surface area contributed by atoms with Gasteiger partial charge in [-0.2, -0.15) is 4.98 Å². The summed E-state index contributed by atoms with van der Waals surface area (Å²) in [6.45, 7) is 2.04. The van der Waals surface area contributed by atoms with E-state index in [1.165, 1.54) is 11.0 Å². The molecule has 0 N–H and O–H groups in total. The topological polar surface area (TPSA) is 68.5 Å². The van der Waals surface area contributed by atoms with Gasteiger partial charge in [-0.15, -0.1) is 0 Å². The Hall–Kier alpha value is -2.74. The van der Waals surface area contributed by atoms with Crippen molar-refractivity contribution in [1.29, 1.82) is 0 Å². The summed E-state index contributed by atoms with van der Waals surface area (Å²) in [6, 6.07) is 11.3. The summed E-state index contributed by atoms with van der Waals surface area (Å²) in [4.78, 5) is 18.1. The molecular formula is C19H17BrFN3O3. The van der Waals surface area contributed by atoms with E-state index in [-0.39, 0.29) is 24.9 Å². The van der Waals surface area contributed by atoms with Crippen molar-refractivity contribution in [3.05, 3.63) is 75.6 Å².